The van der Waals surface area contributed by atoms with Gasteiger partial charge in [0.05, 0.1) is 6.61 Å². The van der Waals surface area contributed by atoms with Gasteiger partial charge in [-0.15, -0.1) is 0 Å². The molecule has 5 rings (SSSR count). The minimum absolute atomic E-state index is 0.148. The number of carbonyl (C=O) groups is 4. The van der Waals surface area contributed by atoms with Gasteiger partial charge in [0.25, 0.3) is 0 Å². The first-order valence-corrected chi connectivity index (χ1v) is 22.6. The molecule has 4 aromatic rings. The maximum absolute atomic E-state index is 14.5. The molecule has 1 aliphatic rings. The lowest BCUT2D eigenvalue weighted by atomic mass is 9.91. The monoisotopic (exact) mass is 847 g/mol. The van der Waals surface area contributed by atoms with Crippen molar-refractivity contribution in [3.63, 3.8) is 0 Å². The zero-order valence-corrected chi connectivity index (χ0v) is 36.0. The number of esters is 1. The molecule has 0 radical (unpaired) electrons. The number of phenols is 1. The third-order valence-corrected chi connectivity index (χ3v) is 11.6. The molecule has 4 aromatic carbocycles. The topological polar surface area (TPSA) is 196 Å². The number of nitrogens with one attached hydrogen (secondary N) is 5. The van der Waals surface area contributed by atoms with Crippen molar-refractivity contribution < 1.29 is 29.0 Å². The number of rotatable bonds is 10. The molecule has 0 aliphatic carbocycles. The van der Waals surface area contributed by atoms with Gasteiger partial charge in [-0.2, -0.15) is 0 Å². The lowest BCUT2D eigenvalue weighted by Gasteiger charge is -2.27. The van der Waals surface area contributed by atoms with E-state index in [0.717, 1.165) is 85.3 Å². The Bertz CT molecular complexity index is 2030. The van der Waals surface area contributed by atoms with Crippen LogP contribution in [0.15, 0.2) is 97.1 Å². The fourth-order valence-corrected chi connectivity index (χ4v) is 8.09. The van der Waals surface area contributed by atoms with E-state index in [-0.39, 0.29) is 50.0 Å². The van der Waals surface area contributed by atoms with E-state index in [0.29, 0.717) is 19.3 Å². The molecule has 1 aliphatic heterocycles. The summed E-state index contributed by atoms with van der Waals surface area (Å²) in [5, 5.41) is 31.3. The highest BCUT2D eigenvalue weighted by atomic mass is 16.5. The fourth-order valence-electron chi connectivity index (χ4n) is 8.09. The van der Waals surface area contributed by atoms with Gasteiger partial charge in [-0.1, -0.05) is 149 Å². The highest BCUT2D eigenvalue weighted by molar-refractivity contribution is 5.94. The van der Waals surface area contributed by atoms with E-state index in [1.807, 2.05) is 84.9 Å². The molecule has 4 atom stereocenters. The van der Waals surface area contributed by atoms with Crippen molar-refractivity contribution in [2.45, 2.75) is 127 Å². The van der Waals surface area contributed by atoms with Crippen LogP contribution < -0.4 is 27.0 Å². The van der Waals surface area contributed by atoms with E-state index in [1.165, 1.54) is 12.8 Å². The van der Waals surface area contributed by atoms with Crippen LogP contribution in [0.2, 0.25) is 0 Å². The van der Waals surface area contributed by atoms with E-state index in [9.17, 15) is 24.3 Å². The first-order chi connectivity index (χ1) is 30.1. The number of benzene rings is 4. The van der Waals surface area contributed by atoms with Crippen LogP contribution in [0.1, 0.15) is 107 Å². The SMILES string of the molecule is N=C(N)NCCCC1NC(=O)C(Cc2ccccc2)NC(=O)C(Cc2ccc(O)cc2)CCCCCCCCCCCCCOC(=O)C(Cc2ccc3ccccc3c2)NC1=O. The molecule has 4 unspecified atom stereocenters. The summed E-state index contributed by atoms with van der Waals surface area (Å²) in [4.78, 5) is 57.0. The van der Waals surface area contributed by atoms with Gasteiger partial charge >= 0.3 is 5.97 Å². The zero-order chi connectivity index (χ0) is 43.9. The van der Waals surface area contributed by atoms with Crippen molar-refractivity contribution in [1.29, 1.82) is 5.41 Å². The fraction of sp³-hybridized carbons (Fsp3) is 0.460. The molecule has 1 heterocycles. The summed E-state index contributed by atoms with van der Waals surface area (Å²) in [6, 6.07) is 27.0. The van der Waals surface area contributed by atoms with E-state index < -0.39 is 41.8 Å². The van der Waals surface area contributed by atoms with Gasteiger partial charge in [0.15, 0.2) is 5.96 Å². The molecule has 12 heteroatoms. The van der Waals surface area contributed by atoms with Crippen LogP contribution in [0.25, 0.3) is 10.8 Å². The highest BCUT2D eigenvalue weighted by Crippen LogP contribution is 2.22. The Hall–Kier alpha value is -5.91. The molecule has 332 valence electrons. The number of hydrogen-bond donors (Lipinski definition) is 7. The number of guanidine groups is 1. The summed E-state index contributed by atoms with van der Waals surface area (Å²) < 4.78 is 5.80. The first-order valence-electron chi connectivity index (χ1n) is 22.6. The molecule has 12 nitrogen and oxygen atoms in total. The van der Waals surface area contributed by atoms with Crippen LogP contribution in [0.3, 0.4) is 0 Å². The van der Waals surface area contributed by atoms with Gasteiger partial charge in [0, 0.05) is 25.3 Å². The van der Waals surface area contributed by atoms with Gasteiger partial charge in [0.2, 0.25) is 17.7 Å². The summed E-state index contributed by atoms with van der Waals surface area (Å²) >= 11 is 0. The maximum Gasteiger partial charge on any atom is 0.328 e. The van der Waals surface area contributed by atoms with Crippen LogP contribution in [-0.2, 0) is 43.2 Å². The average molecular weight is 847 g/mol. The lowest BCUT2D eigenvalue weighted by molar-refractivity contribution is -0.148. The van der Waals surface area contributed by atoms with Gasteiger partial charge in [-0.3, -0.25) is 19.8 Å². The molecule has 1 saturated heterocycles. The molecule has 0 spiro atoms. The smallest absolute Gasteiger partial charge is 0.328 e. The maximum atomic E-state index is 14.5. The normalized spacial score (nSPS) is 21.0. The largest absolute Gasteiger partial charge is 0.508 e. The Kier molecular flexibility index (Phi) is 19.6. The van der Waals surface area contributed by atoms with Gasteiger partial charge in [0.1, 0.15) is 23.9 Å². The van der Waals surface area contributed by atoms with Crippen molar-refractivity contribution in [2.24, 2.45) is 11.7 Å². The standard InChI is InChI=1S/C50H66N6O6/c51-50(52)53-30-17-23-43-47(59)56-45(35-38-24-27-39-20-14-15-21-40(39)33-38)49(61)62-31-16-9-7-5-3-1-2-4-6-8-13-22-41(32-37-25-28-42(57)29-26-37)46(58)55-44(48(60)54-43)34-36-18-11-10-12-19-36/h10-12,14-15,18-21,24-29,33,41,43-45,57H,1-9,13,16-17,22-23,30-32,34-35H2,(H,54,60)(H,55,58)(H,56,59)(H4,51,52,53). The number of hydrogen-bond acceptors (Lipinski definition) is 7. The Morgan fingerprint density at radius 1 is 0.613 bits per heavy atom. The minimum atomic E-state index is -1.10. The van der Waals surface area contributed by atoms with Crippen molar-refractivity contribution in [1.82, 2.24) is 21.3 Å². The molecular formula is C50H66N6O6. The quantitative estimate of drug-likeness (QED) is 0.0378. The van der Waals surface area contributed by atoms with Crippen LogP contribution in [0.4, 0.5) is 0 Å². The van der Waals surface area contributed by atoms with Gasteiger partial charge in [-0.05, 0) is 71.7 Å². The molecule has 1 fully saturated rings. The summed E-state index contributed by atoms with van der Waals surface area (Å²) in [6.45, 7) is 0.523. The summed E-state index contributed by atoms with van der Waals surface area (Å²) in [5.74, 6) is -2.41. The molecule has 3 amide bonds. The van der Waals surface area contributed by atoms with E-state index in [2.05, 4.69) is 21.3 Å². The van der Waals surface area contributed by atoms with E-state index in [4.69, 9.17) is 15.9 Å². The highest BCUT2D eigenvalue weighted by Gasteiger charge is 2.32. The van der Waals surface area contributed by atoms with Crippen LogP contribution in [0.5, 0.6) is 5.75 Å². The Morgan fingerprint density at radius 3 is 1.85 bits per heavy atom. The summed E-state index contributed by atoms with van der Waals surface area (Å²) in [5.41, 5.74) is 8.12. The summed E-state index contributed by atoms with van der Waals surface area (Å²) in [6.07, 6.45) is 13.4. The number of cyclic esters (lactones) is 1. The molecule has 0 aromatic heterocycles. The predicted octanol–water partition coefficient (Wildman–Crippen LogP) is 7.15. The second kappa shape index (κ2) is 25.8. The van der Waals surface area contributed by atoms with Crippen molar-refractivity contribution in [3.8, 4) is 5.75 Å². The average Bonchev–Trinajstić information content (AvgIpc) is 3.27. The molecular weight excluding hydrogens is 781 g/mol. The summed E-state index contributed by atoms with van der Waals surface area (Å²) in [7, 11) is 0. The third kappa shape index (κ3) is 16.5. The Balaban J connectivity index is 1.42. The molecule has 0 bridgehead atoms. The van der Waals surface area contributed by atoms with Crippen LogP contribution in [0, 0.1) is 11.3 Å². The molecule has 8 N–H and O–H groups in total. The number of aromatic hydroxyl groups is 1. The number of carbonyl (C=O) groups excluding carboxylic acids is 4. The number of ether oxygens (including phenoxy) is 1. The first kappa shape index (κ1) is 47.1. The number of nitrogens with two attached hydrogens (primary N) is 1. The van der Waals surface area contributed by atoms with Crippen molar-refractivity contribution in [3.05, 3.63) is 114 Å². The van der Waals surface area contributed by atoms with Gasteiger partial charge < -0.3 is 36.8 Å². The number of amides is 3. The van der Waals surface area contributed by atoms with Crippen molar-refractivity contribution in [2.75, 3.05) is 13.2 Å². The lowest BCUT2D eigenvalue weighted by Crippen LogP contribution is -2.57. The molecule has 0 saturated carbocycles. The zero-order valence-electron chi connectivity index (χ0n) is 36.0. The van der Waals surface area contributed by atoms with Crippen molar-refractivity contribution >= 4 is 40.4 Å². The number of fused-ring (bicyclic) bond motifs is 1. The minimum Gasteiger partial charge on any atom is -0.508 e. The predicted molar refractivity (Wildman–Crippen MR) is 244 cm³/mol. The second-order valence-electron chi connectivity index (χ2n) is 16.7. The Morgan fingerprint density at radius 2 is 1.16 bits per heavy atom. The van der Waals surface area contributed by atoms with Gasteiger partial charge in [-0.25, -0.2) is 4.79 Å². The van der Waals surface area contributed by atoms with Crippen LogP contribution in [-0.4, -0.2) is 66.0 Å². The van der Waals surface area contributed by atoms with E-state index >= 15 is 0 Å². The second-order valence-corrected chi connectivity index (χ2v) is 16.7. The third-order valence-electron chi connectivity index (χ3n) is 11.6. The Labute approximate surface area is 366 Å². The van der Waals surface area contributed by atoms with E-state index in [1.54, 1.807) is 12.1 Å². The van der Waals surface area contributed by atoms with Crippen LogP contribution >= 0.6 is 0 Å². The molecule has 62 heavy (non-hydrogen) atoms. The number of phenolic OH excluding ortho intramolecular Hbond substituents is 1.